The van der Waals surface area contributed by atoms with E-state index in [0.717, 1.165) is 12.0 Å². The highest BCUT2D eigenvalue weighted by Gasteiger charge is 2.13. The first-order valence-electron chi connectivity index (χ1n) is 5.83. The van der Waals surface area contributed by atoms with Crippen LogP contribution in [0.4, 0.5) is 0 Å². The predicted molar refractivity (Wildman–Crippen MR) is 66.3 cm³/mol. The van der Waals surface area contributed by atoms with Gasteiger partial charge < -0.3 is 19.4 Å². The van der Waals surface area contributed by atoms with E-state index >= 15 is 0 Å². The van der Waals surface area contributed by atoms with Gasteiger partial charge in [-0.3, -0.25) is 0 Å². The smallest absolute Gasteiger partial charge is 0.138 e. The van der Waals surface area contributed by atoms with Gasteiger partial charge in [0.05, 0.1) is 19.5 Å². The number of phenols is 1. The first-order chi connectivity index (χ1) is 8.79. The number of phenolic OH excluding ortho intramolecular Hbond substituents is 1. The summed E-state index contributed by atoms with van der Waals surface area (Å²) in [5.74, 6) is 0.881. The van der Waals surface area contributed by atoms with Crippen LogP contribution in [0.1, 0.15) is 17.4 Å². The SMILES string of the molecule is OCC(OCCc1ccc(O)cc1)c1ccco1. The van der Waals surface area contributed by atoms with E-state index in [-0.39, 0.29) is 12.4 Å². The molecule has 0 saturated heterocycles. The van der Waals surface area contributed by atoms with Gasteiger partial charge in [-0.1, -0.05) is 12.1 Å². The Kier molecular flexibility index (Phi) is 4.39. The van der Waals surface area contributed by atoms with Gasteiger partial charge in [-0.05, 0) is 36.2 Å². The van der Waals surface area contributed by atoms with Crippen LogP contribution in [0.15, 0.2) is 47.1 Å². The molecule has 1 heterocycles. The Morgan fingerprint density at radius 1 is 1.17 bits per heavy atom. The molecule has 2 aromatic rings. The van der Waals surface area contributed by atoms with Gasteiger partial charge in [-0.2, -0.15) is 0 Å². The second-order valence-electron chi connectivity index (χ2n) is 3.97. The summed E-state index contributed by atoms with van der Waals surface area (Å²) in [7, 11) is 0. The minimum absolute atomic E-state index is 0.108. The van der Waals surface area contributed by atoms with E-state index in [1.807, 2.05) is 12.1 Å². The molecule has 1 aromatic heterocycles. The van der Waals surface area contributed by atoms with Crippen LogP contribution in [0.25, 0.3) is 0 Å². The molecule has 0 aliphatic carbocycles. The molecular formula is C14H16O4. The van der Waals surface area contributed by atoms with Gasteiger partial charge in [0.25, 0.3) is 0 Å². The summed E-state index contributed by atoms with van der Waals surface area (Å²) in [6, 6.07) is 10.5. The van der Waals surface area contributed by atoms with E-state index in [9.17, 15) is 5.11 Å². The zero-order chi connectivity index (χ0) is 12.8. The molecule has 0 bridgehead atoms. The zero-order valence-corrected chi connectivity index (χ0v) is 9.95. The summed E-state index contributed by atoms with van der Waals surface area (Å²) in [4.78, 5) is 0. The Hall–Kier alpha value is -1.78. The van der Waals surface area contributed by atoms with Crippen LogP contribution in [0.2, 0.25) is 0 Å². The molecule has 0 aliphatic heterocycles. The second kappa shape index (κ2) is 6.23. The number of benzene rings is 1. The lowest BCUT2D eigenvalue weighted by molar-refractivity contribution is 0.000455. The first kappa shape index (κ1) is 12.7. The Balaban J connectivity index is 1.82. The average Bonchev–Trinajstić information content (AvgIpc) is 2.91. The lowest BCUT2D eigenvalue weighted by atomic mass is 10.1. The van der Waals surface area contributed by atoms with Crippen LogP contribution in [0, 0.1) is 0 Å². The third-order valence-corrected chi connectivity index (χ3v) is 2.67. The van der Waals surface area contributed by atoms with Crippen molar-refractivity contribution in [2.45, 2.75) is 12.5 Å². The van der Waals surface area contributed by atoms with Crippen LogP contribution in [0.3, 0.4) is 0 Å². The van der Waals surface area contributed by atoms with Gasteiger partial charge in [0, 0.05) is 0 Å². The highest BCUT2D eigenvalue weighted by atomic mass is 16.5. The molecule has 0 radical (unpaired) electrons. The summed E-state index contributed by atoms with van der Waals surface area (Å²) in [6.45, 7) is 0.375. The molecule has 1 unspecified atom stereocenters. The van der Waals surface area contributed by atoms with Crippen LogP contribution >= 0.6 is 0 Å². The minimum Gasteiger partial charge on any atom is -0.508 e. The van der Waals surface area contributed by atoms with Gasteiger partial charge in [-0.25, -0.2) is 0 Å². The molecule has 1 aromatic carbocycles. The summed E-state index contributed by atoms with van der Waals surface area (Å²) < 4.78 is 10.8. The number of aliphatic hydroxyl groups excluding tert-OH is 1. The minimum atomic E-state index is -0.419. The molecule has 0 amide bonds. The van der Waals surface area contributed by atoms with E-state index in [0.29, 0.717) is 12.4 Å². The summed E-state index contributed by atoms with van der Waals surface area (Å²) in [5, 5.41) is 18.4. The quantitative estimate of drug-likeness (QED) is 0.823. The van der Waals surface area contributed by atoms with E-state index < -0.39 is 6.10 Å². The Morgan fingerprint density at radius 2 is 1.94 bits per heavy atom. The largest absolute Gasteiger partial charge is 0.508 e. The number of aromatic hydroxyl groups is 1. The Bertz CT molecular complexity index is 447. The van der Waals surface area contributed by atoms with E-state index in [4.69, 9.17) is 14.3 Å². The fourth-order valence-electron chi connectivity index (χ4n) is 1.68. The molecular weight excluding hydrogens is 232 g/mol. The van der Waals surface area contributed by atoms with Crippen LogP contribution < -0.4 is 0 Å². The van der Waals surface area contributed by atoms with Crippen molar-refractivity contribution < 1.29 is 19.4 Å². The fraction of sp³-hybridized carbons (Fsp3) is 0.286. The second-order valence-corrected chi connectivity index (χ2v) is 3.97. The summed E-state index contributed by atoms with van der Waals surface area (Å²) in [5.41, 5.74) is 1.07. The number of hydrogen-bond acceptors (Lipinski definition) is 4. The van der Waals surface area contributed by atoms with E-state index in [1.165, 1.54) is 0 Å². The highest BCUT2D eigenvalue weighted by molar-refractivity contribution is 5.25. The molecule has 2 N–H and O–H groups in total. The molecule has 96 valence electrons. The van der Waals surface area contributed by atoms with Gasteiger partial charge in [0.1, 0.15) is 17.6 Å². The third-order valence-electron chi connectivity index (χ3n) is 2.67. The maximum absolute atomic E-state index is 9.21. The fourth-order valence-corrected chi connectivity index (χ4v) is 1.68. The highest BCUT2D eigenvalue weighted by Crippen LogP contribution is 2.18. The number of rotatable bonds is 6. The van der Waals surface area contributed by atoms with Crippen LogP contribution in [0.5, 0.6) is 5.75 Å². The summed E-state index contributed by atoms with van der Waals surface area (Å²) >= 11 is 0. The van der Waals surface area contributed by atoms with E-state index in [1.54, 1.807) is 30.5 Å². The molecule has 1 atom stereocenters. The number of furan rings is 1. The Labute approximate surface area is 105 Å². The van der Waals surface area contributed by atoms with Crippen molar-refractivity contribution in [2.24, 2.45) is 0 Å². The molecule has 0 fully saturated rings. The third kappa shape index (κ3) is 3.35. The standard InChI is InChI=1S/C14H16O4/c15-10-14(13-2-1-8-17-13)18-9-7-11-3-5-12(16)6-4-11/h1-6,8,14-16H,7,9-10H2. The Morgan fingerprint density at radius 3 is 2.56 bits per heavy atom. The van der Waals surface area contributed by atoms with Crippen molar-refractivity contribution in [1.82, 2.24) is 0 Å². The van der Waals surface area contributed by atoms with Crippen molar-refractivity contribution in [1.29, 1.82) is 0 Å². The maximum Gasteiger partial charge on any atom is 0.138 e. The molecule has 4 heteroatoms. The van der Waals surface area contributed by atoms with Crippen molar-refractivity contribution in [3.05, 3.63) is 54.0 Å². The lowest BCUT2D eigenvalue weighted by Gasteiger charge is -2.12. The monoisotopic (exact) mass is 248 g/mol. The molecule has 0 saturated carbocycles. The molecule has 0 spiro atoms. The van der Waals surface area contributed by atoms with Gasteiger partial charge in [0.15, 0.2) is 0 Å². The number of hydrogen-bond donors (Lipinski definition) is 2. The zero-order valence-electron chi connectivity index (χ0n) is 9.95. The van der Waals surface area contributed by atoms with Crippen molar-refractivity contribution in [2.75, 3.05) is 13.2 Å². The van der Waals surface area contributed by atoms with E-state index in [2.05, 4.69) is 0 Å². The van der Waals surface area contributed by atoms with Gasteiger partial charge in [0.2, 0.25) is 0 Å². The molecule has 0 aliphatic rings. The van der Waals surface area contributed by atoms with Crippen molar-refractivity contribution in [3.8, 4) is 5.75 Å². The number of ether oxygens (including phenoxy) is 1. The lowest BCUT2D eigenvalue weighted by Crippen LogP contribution is -2.10. The molecule has 18 heavy (non-hydrogen) atoms. The predicted octanol–water partition coefficient (Wildman–Crippen LogP) is 2.28. The van der Waals surface area contributed by atoms with Crippen molar-refractivity contribution >= 4 is 0 Å². The molecule has 2 rings (SSSR count). The van der Waals surface area contributed by atoms with Gasteiger partial charge in [-0.15, -0.1) is 0 Å². The first-order valence-corrected chi connectivity index (χ1v) is 5.83. The van der Waals surface area contributed by atoms with Crippen LogP contribution in [-0.4, -0.2) is 23.4 Å². The number of aliphatic hydroxyl groups is 1. The summed E-state index contributed by atoms with van der Waals surface area (Å²) in [6.07, 6.45) is 1.86. The van der Waals surface area contributed by atoms with Gasteiger partial charge >= 0.3 is 0 Å². The van der Waals surface area contributed by atoms with Crippen molar-refractivity contribution in [3.63, 3.8) is 0 Å². The topological polar surface area (TPSA) is 62.8 Å². The normalized spacial score (nSPS) is 12.5. The van der Waals surface area contributed by atoms with Crippen LogP contribution in [-0.2, 0) is 11.2 Å². The molecule has 4 nitrogen and oxygen atoms in total. The maximum atomic E-state index is 9.21. The average molecular weight is 248 g/mol.